The number of pyridine rings is 3. The van der Waals surface area contributed by atoms with Gasteiger partial charge >= 0.3 is 129 Å². The molecule has 3 aliphatic heterocycles. The van der Waals surface area contributed by atoms with Crippen molar-refractivity contribution >= 4 is 125 Å². The number of carbonyl (C=O) groups excluding carboxylic acids is 3. The van der Waals surface area contributed by atoms with Crippen molar-refractivity contribution in [3.8, 4) is 34.3 Å². The maximum atomic E-state index is 13.8. The first-order valence-corrected chi connectivity index (χ1v) is 50.6. The molecule has 14 rings (SSSR count). The number of hydrogen-bond donors (Lipinski definition) is 1. The Morgan fingerprint density at radius 1 is 0.458 bits per heavy atom. The van der Waals surface area contributed by atoms with E-state index >= 15 is 0 Å². The van der Waals surface area contributed by atoms with E-state index in [1.54, 1.807) is 60.1 Å². The van der Waals surface area contributed by atoms with Gasteiger partial charge in [0.15, 0.2) is 0 Å². The number of amides is 3. The van der Waals surface area contributed by atoms with Gasteiger partial charge in [0, 0.05) is 98.2 Å². The summed E-state index contributed by atoms with van der Waals surface area (Å²) in [5.74, 6) is 0.546. The molecule has 0 bridgehead atoms. The number of ether oxygens (including phenoxy) is 2. The second kappa shape index (κ2) is 40.4. The Bertz CT molecular complexity index is 5500. The van der Waals surface area contributed by atoms with Crippen molar-refractivity contribution in [3.63, 3.8) is 0 Å². The van der Waals surface area contributed by atoms with Crippen LogP contribution in [0.1, 0.15) is 186 Å². The summed E-state index contributed by atoms with van der Waals surface area (Å²) in [5.41, 5.74) is 18.6. The largest absolute Gasteiger partial charge is 0.473 e. The molecule has 0 fully saturated rings. The molecule has 0 saturated heterocycles. The van der Waals surface area contributed by atoms with E-state index in [0.29, 0.717) is 162 Å². The zero-order chi connectivity index (χ0) is 85.1. The van der Waals surface area contributed by atoms with E-state index in [2.05, 4.69) is 101 Å². The Hall–Kier alpha value is -8.20. The molecule has 6 aromatic heterocycles. The third-order valence-corrected chi connectivity index (χ3v) is 41.3. The fourth-order valence-corrected chi connectivity index (χ4v) is 36.0. The van der Waals surface area contributed by atoms with Gasteiger partial charge in [0.1, 0.15) is 13.2 Å². The molecule has 622 valence electrons. The predicted molar refractivity (Wildman–Crippen MR) is 478 cm³/mol. The number of aromatic amines is 1. The summed E-state index contributed by atoms with van der Waals surface area (Å²) < 4.78 is 24.3. The molecule has 3 amide bonds. The molecule has 0 spiro atoms. The molecule has 5 aromatic carbocycles. The second-order valence-corrected chi connectivity index (χ2v) is 47.0. The third-order valence-electron chi connectivity index (χ3n) is 22.2. The number of aryl methyl sites for hydroxylation is 12. The molecular weight excluding hydrogens is 1790 g/mol. The zero-order valence-corrected chi connectivity index (χ0v) is 78.7. The van der Waals surface area contributed by atoms with Crippen LogP contribution < -0.4 is 18.7 Å². The smallest absolute Gasteiger partial charge is 0.256 e. The standard InChI is InChI=1S/C28H27Cl2N5O2.C24H21BrCl2N2O2.C21H21Cl2N5O2.C4H6N3.3C4H9.Sn/c1-16-12-17(2)31-27(37-15-19-8-6-5-7-9-19)22(16)14-35-11-10-20-23(29)13-21(25(30)24(20)28(35)36)26-18(3)32-33-34(26)4;1-14-10-15(2)28-23(31-13-16-6-4-3-5-7-16)18(14)12-29-9-8-17-20(26)11-19(25)22(27)21(17)24(29)30;1-10-7-11(2)24-20(29)15(10)9-28-6-5-13-16(22)8-14(18(23)17(13)21(28)30)19-12(3)25-26-27(19)4;1-4-3-7(2)6-5-4;3*1-3-4-2;/h5-9,12-13H,10-11,14-15H2,1-4H3;3-7,10-11H,8-9,12-13H2,1-2H3;7-8H,5-6,9H2,1-4H3,(H,24,29);1-2H3;3*1,3-4H2,2H3;. The van der Waals surface area contributed by atoms with E-state index in [9.17, 15) is 19.2 Å². The van der Waals surface area contributed by atoms with Crippen LogP contribution in [0.15, 0.2) is 106 Å². The van der Waals surface area contributed by atoms with Crippen molar-refractivity contribution in [1.82, 2.24) is 74.6 Å². The van der Waals surface area contributed by atoms with Crippen LogP contribution in [-0.2, 0) is 73.3 Å². The van der Waals surface area contributed by atoms with Crippen LogP contribution in [-0.4, -0.2) is 130 Å². The summed E-state index contributed by atoms with van der Waals surface area (Å²) in [6.45, 7) is 27.7. The molecule has 0 atom stereocenters. The summed E-state index contributed by atoms with van der Waals surface area (Å²) in [7, 11) is 5.67. The van der Waals surface area contributed by atoms with Gasteiger partial charge in [0.05, 0.1) is 74.2 Å². The summed E-state index contributed by atoms with van der Waals surface area (Å²) in [4.78, 5) is 70.3. The Morgan fingerprint density at radius 3 is 1.19 bits per heavy atom. The number of halogens is 7. The number of rotatable bonds is 24. The minimum atomic E-state index is -2.32. The van der Waals surface area contributed by atoms with Crippen LogP contribution in [0.3, 0.4) is 0 Å². The van der Waals surface area contributed by atoms with Crippen LogP contribution in [0.5, 0.6) is 11.8 Å². The van der Waals surface area contributed by atoms with E-state index in [-0.39, 0.29) is 29.8 Å². The maximum Gasteiger partial charge on any atom is 0.256 e. The Labute approximate surface area is 733 Å². The second-order valence-electron chi connectivity index (χ2n) is 30.8. The number of H-pyrrole nitrogens is 1. The van der Waals surface area contributed by atoms with Crippen molar-refractivity contribution < 1.29 is 23.9 Å². The van der Waals surface area contributed by atoms with Gasteiger partial charge in [-0.25, -0.2) is 19.3 Å². The summed E-state index contributed by atoms with van der Waals surface area (Å²) in [6.07, 6.45) is 9.96. The summed E-state index contributed by atoms with van der Waals surface area (Å²) in [6, 6.07) is 31.1. The SMILES string of the molecule is CCC[CH2][Sn]([CH2]CCC)([CH2]CCC)[c]1c(C)nnn1C.Cc1cc(C)c(CN2CCc3c(Cl)cc(-c4c(C)nnn4C)c(Cl)c3C2=O)c(=O)[nH]1.Cc1cc(C)c(CN2CCc3c(Cl)cc(-c4c(C)nnn4C)c(Cl)c3C2=O)c(OCc2ccccc2)n1.Cc1cc(C)c(CN2CCc3c(Cl)cc(Br)c(Cl)c3C2=O)c(OCc2ccccc2)n1. The fraction of sp³-hybridized carbons (Fsp3) is 0.393. The summed E-state index contributed by atoms with van der Waals surface area (Å²) >= 11 is 40.7. The number of fused-ring (bicyclic) bond motifs is 3. The first-order valence-electron chi connectivity index (χ1n) is 40.0. The van der Waals surface area contributed by atoms with Crippen LogP contribution in [0.25, 0.3) is 22.5 Å². The van der Waals surface area contributed by atoms with Crippen molar-refractivity contribution in [2.75, 3.05) is 19.6 Å². The number of benzene rings is 5. The van der Waals surface area contributed by atoms with Gasteiger partial charge < -0.3 is 29.2 Å². The quantitative estimate of drug-likeness (QED) is 0.0438. The Kier molecular flexibility index (Phi) is 31.0. The van der Waals surface area contributed by atoms with Crippen molar-refractivity contribution in [2.24, 2.45) is 21.1 Å². The molecule has 0 unspecified atom stereocenters. The molecule has 29 heteroatoms. The molecule has 0 saturated carbocycles. The first kappa shape index (κ1) is 90.6. The minimum absolute atomic E-state index is 0.136. The number of nitrogens with zero attached hydrogens (tertiary/aromatic N) is 14. The van der Waals surface area contributed by atoms with E-state index in [4.69, 9.17) is 79.1 Å². The topological polar surface area (TPSA) is 230 Å². The molecular formula is C89H102BrCl6N15O6Sn. The molecule has 0 radical (unpaired) electrons. The molecule has 3 aliphatic rings. The number of carbonyl (C=O) groups is 3. The van der Waals surface area contributed by atoms with Crippen LogP contribution in [0.2, 0.25) is 43.4 Å². The van der Waals surface area contributed by atoms with Gasteiger partial charge in [0.2, 0.25) is 11.8 Å². The van der Waals surface area contributed by atoms with Gasteiger partial charge in [-0.1, -0.05) is 141 Å². The zero-order valence-electron chi connectivity index (χ0n) is 69.7. The molecule has 11 aromatic rings. The molecule has 1 N–H and O–H groups in total. The third kappa shape index (κ3) is 20.5. The van der Waals surface area contributed by atoms with Crippen molar-refractivity contribution in [2.45, 2.75) is 187 Å². The van der Waals surface area contributed by atoms with Gasteiger partial charge in [-0.05, 0) is 171 Å². The monoisotopic (exact) mass is 1890 g/mol. The fourth-order valence-electron chi connectivity index (χ4n) is 16.2. The van der Waals surface area contributed by atoms with E-state index in [1.165, 1.54) is 57.5 Å². The van der Waals surface area contributed by atoms with Gasteiger partial charge in [0.25, 0.3) is 23.3 Å². The molecule has 21 nitrogen and oxygen atoms in total. The number of nitrogens with one attached hydrogen (secondary N) is 1. The minimum Gasteiger partial charge on any atom is -0.473 e. The normalized spacial score (nSPS) is 13.1. The molecule has 9 heterocycles. The first-order chi connectivity index (χ1) is 56.4. The molecule has 118 heavy (non-hydrogen) atoms. The number of unbranched alkanes of at least 4 members (excludes halogenated alkanes) is 3. The number of aromatic nitrogens is 12. The van der Waals surface area contributed by atoms with Gasteiger partial charge in [-0.2, -0.15) is 0 Å². The Balaban J connectivity index is 0.000000157. The van der Waals surface area contributed by atoms with Crippen LogP contribution in [0.4, 0.5) is 0 Å². The average Bonchev–Trinajstić information content (AvgIpc) is 0.977. The van der Waals surface area contributed by atoms with E-state index < -0.39 is 18.4 Å². The molecule has 0 aliphatic carbocycles. The van der Waals surface area contributed by atoms with E-state index in [1.807, 2.05) is 134 Å². The van der Waals surface area contributed by atoms with Gasteiger partial charge in [-0.15, -0.1) is 10.2 Å². The van der Waals surface area contributed by atoms with Crippen LogP contribution >= 0.6 is 85.5 Å². The maximum absolute atomic E-state index is 13.8. The Morgan fingerprint density at radius 2 is 0.822 bits per heavy atom. The predicted octanol–water partition coefficient (Wildman–Crippen LogP) is 20.2. The average molecular weight is 1890 g/mol. The van der Waals surface area contributed by atoms with Crippen molar-refractivity contribution in [3.05, 3.63) is 254 Å². The van der Waals surface area contributed by atoms with E-state index in [0.717, 1.165) is 78.4 Å². The summed E-state index contributed by atoms with van der Waals surface area (Å²) in [5, 5.41) is 27.6. The van der Waals surface area contributed by atoms with Gasteiger partial charge in [-0.3, -0.25) is 19.2 Å². The van der Waals surface area contributed by atoms with Crippen molar-refractivity contribution in [1.29, 1.82) is 0 Å². The van der Waals surface area contributed by atoms with Crippen LogP contribution in [0, 0.1) is 62.3 Å². The number of hydrogen-bond acceptors (Lipinski definition) is 14.